The summed E-state index contributed by atoms with van der Waals surface area (Å²) in [5.41, 5.74) is 9.28. The molecule has 2 aromatic heterocycles. The van der Waals surface area contributed by atoms with Gasteiger partial charge in [0.15, 0.2) is 0 Å². The van der Waals surface area contributed by atoms with Crippen molar-refractivity contribution in [2.24, 2.45) is 5.73 Å². The van der Waals surface area contributed by atoms with Crippen LogP contribution in [0.4, 0.5) is 11.4 Å². The zero-order valence-electron chi connectivity index (χ0n) is 14.2. The van der Waals surface area contributed by atoms with Gasteiger partial charge in [-0.05, 0) is 40.9 Å². The van der Waals surface area contributed by atoms with E-state index < -0.39 is 5.97 Å². The number of anilines is 2. The molecule has 2 aliphatic heterocycles. The van der Waals surface area contributed by atoms with Gasteiger partial charge >= 0.3 is 5.97 Å². The Hall–Kier alpha value is -2.32. The number of rotatable bonds is 3. The number of carboxylic acid groups (broad SMARTS) is 1. The summed E-state index contributed by atoms with van der Waals surface area (Å²) in [4.78, 5) is 23.3. The van der Waals surface area contributed by atoms with E-state index >= 15 is 0 Å². The fraction of sp³-hybridized carbons (Fsp3) is 0.333. The molecule has 1 atom stereocenters. The molecule has 8 heteroatoms. The maximum absolute atomic E-state index is 11.4. The Morgan fingerprint density at radius 3 is 3.08 bits per heavy atom. The molecule has 2 aliphatic rings. The highest BCUT2D eigenvalue weighted by Crippen LogP contribution is 2.40. The number of pyridine rings is 1. The van der Waals surface area contributed by atoms with Gasteiger partial charge in [-0.2, -0.15) is 0 Å². The molecule has 0 amide bonds. The standard InChI is InChI=1S/C18H20BrN5O2/c19-13-7-21-17-15(16(13)24-6-2-4-12(20)10-24)14(8-22-17)23-5-1-3-11(9-23)18(25)26/h1,3,5,7-8,12H,2,4,6,9-10,20H2,(H,21,22)(H,25,26)/t12-/m0/s1. The Balaban J connectivity index is 1.80. The van der Waals surface area contributed by atoms with Crippen LogP contribution in [0, 0.1) is 0 Å². The fourth-order valence-electron chi connectivity index (χ4n) is 3.64. The van der Waals surface area contributed by atoms with Crippen LogP contribution in [0.1, 0.15) is 12.8 Å². The third-order valence-corrected chi connectivity index (χ3v) is 5.45. The molecule has 0 spiro atoms. The highest BCUT2D eigenvalue weighted by atomic mass is 79.9. The van der Waals surface area contributed by atoms with E-state index in [0.29, 0.717) is 12.1 Å². The smallest absolute Gasteiger partial charge is 0.333 e. The van der Waals surface area contributed by atoms with Crippen molar-refractivity contribution in [2.45, 2.75) is 18.9 Å². The van der Waals surface area contributed by atoms with E-state index in [4.69, 9.17) is 5.73 Å². The van der Waals surface area contributed by atoms with E-state index in [1.165, 1.54) is 0 Å². The minimum absolute atomic E-state index is 0.151. The van der Waals surface area contributed by atoms with Crippen molar-refractivity contribution in [3.05, 3.63) is 40.8 Å². The highest BCUT2D eigenvalue weighted by molar-refractivity contribution is 9.10. The molecule has 1 fully saturated rings. The fourth-order valence-corrected chi connectivity index (χ4v) is 4.20. The van der Waals surface area contributed by atoms with Gasteiger partial charge in [0.2, 0.25) is 0 Å². The largest absolute Gasteiger partial charge is 0.478 e. The molecule has 0 aromatic carbocycles. The minimum atomic E-state index is -0.902. The summed E-state index contributed by atoms with van der Waals surface area (Å²) in [5.74, 6) is -0.902. The Labute approximate surface area is 159 Å². The van der Waals surface area contributed by atoms with E-state index in [-0.39, 0.29) is 6.04 Å². The lowest BCUT2D eigenvalue weighted by Gasteiger charge is -2.34. The molecular formula is C18H20BrN5O2. The molecule has 0 radical (unpaired) electrons. The van der Waals surface area contributed by atoms with Crippen molar-refractivity contribution in [1.29, 1.82) is 0 Å². The second kappa shape index (κ2) is 6.77. The third kappa shape index (κ3) is 2.99. The monoisotopic (exact) mass is 417 g/mol. The lowest BCUT2D eigenvalue weighted by atomic mass is 10.0. The number of aromatic nitrogens is 2. The van der Waals surface area contributed by atoms with Crippen LogP contribution in [0.15, 0.2) is 40.8 Å². The number of nitrogens with zero attached hydrogens (tertiary/aromatic N) is 3. The van der Waals surface area contributed by atoms with Gasteiger partial charge in [0, 0.05) is 37.7 Å². The van der Waals surface area contributed by atoms with Crippen molar-refractivity contribution in [2.75, 3.05) is 29.4 Å². The number of allylic oxidation sites excluding steroid dienone is 2. The summed E-state index contributed by atoms with van der Waals surface area (Å²) in [6.45, 7) is 2.04. The minimum Gasteiger partial charge on any atom is -0.478 e. The van der Waals surface area contributed by atoms with E-state index in [1.807, 2.05) is 17.3 Å². The van der Waals surface area contributed by atoms with Gasteiger partial charge in [-0.3, -0.25) is 0 Å². The number of hydrogen-bond acceptors (Lipinski definition) is 5. The number of aromatic amines is 1. The summed E-state index contributed by atoms with van der Waals surface area (Å²) >= 11 is 3.65. The molecule has 1 saturated heterocycles. The Kier molecular flexibility index (Phi) is 4.46. The maximum Gasteiger partial charge on any atom is 0.333 e. The molecule has 0 aliphatic carbocycles. The van der Waals surface area contributed by atoms with Gasteiger partial charge < -0.3 is 25.6 Å². The number of H-pyrrole nitrogens is 1. The number of carbonyl (C=O) groups is 1. The first-order valence-corrected chi connectivity index (χ1v) is 9.37. The van der Waals surface area contributed by atoms with Crippen molar-refractivity contribution in [3.63, 3.8) is 0 Å². The van der Waals surface area contributed by atoms with Gasteiger partial charge in [-0.1, -0.05) is 0 Å². The predicted octanol–water partition coefficient (Wildman–Crippen LogP) is 2.60. The van der Waals surface area contributed by atoms with Crippen LogP contribution in [0.3, 0.4) is 0 Å². The number of hydrogen-bond donors (Lipinski definition) is 3. The van der Waals surface area contributed by atoms with Crippen LogP contribution in [0.2, 0.25) is 0 Å². The van der Waals surface area contributed by atoms with Gasteiger partial charge in [-0.25, -0.2) is 9.78 Å². The van der Waals surface area contributed by atoms with Crippen LogP contribution >= 0.6 is 15.9 Å². The molecule has 0 bridgehead atoms. The summed E-state index contributed by atoms with van der Waals surface area (Å²) in [6.07, 6.45) is 11.0. The Morgan fingerprint density at radius 1 is 1.46 bits per heavy atom. The first-order valence-electron chi connectivity index (χ1n) is 8.58. The van der Waals surface area contributed by atoms with Crippen molar-refractivity contribution in [3.8, 4) is 0 Å². The van der Waals surface area contributed by atoms with Gasteiger partial charge in [0.05, 0.1) is 33.4 Å². The Bertz CT molecular complexity index is 920. The second-order valence-electron chi connectivity index (χ2n) is 6.67. The van der Waals surface area contributed by atoms with Crippen molar-refractivity contribution < 1.29 is 9.90 Å². The first-order chi connectivity index (χ1) is 12.5. The van der Waals surface area contributed by atoms with Crippen LogP contribution in [-0.2, 0) is 4.79 Å². The molecule has 7 nitrogen and oxygen atoms in total. The number of nitrogens with two attached hydrogens (primary N) is 1. The lowest BCUT2D eigenvalue weighted by Crippen LogP contribution is -2.43. The van der Waals surface area contributed by atoms with Crippen LogP contribution in [0.25, 0.3) is 11.0 Å². The summed E-state index contributed by atoms with van der Waals surface area (Å²) in [5, 5.41) is 10.3. The second-order valence-corrected chi connectivity index (χ2v) is 7.52. The molecule has 0 unspecified atom stereocenters. The van der Waals surface area contributed by atoms with E-state index in [2.05, 4.69) is 30.8 Å². The average molecular weight is 418 g/mol. The molecule has 4 heterocycles. The van der Waals surface area contributed by atoms with Gasteiger partial charge in [0.25, 0.3) is 0 Å². The van der Waals surface area contributed by atoms with E-state index in [9.17, 15) is 9.90 Å². The summed E-state index contributed by atoms with van der Waals surface area (Å²) < 4.78 is 0.912. The number of carboxylic acids is 1. The lowest BCUT2D eigenvalue weighted by molar-refractivity contribution is -0.132. The number of aliphatic carboxylic acids is 1. The van der Waals surface area contributed by atoms with Gasteiger partial charge in [-0.15, -0.1) is 0 Å². The topological polar surface area (TPSA) is 98.5 Å². The van der Waals surface area contributed by atoms with E-state index in [0.717, 1.165) is 52.8 Å². The molecular weight excluding hydrogens is 398 g/mol. The predicted molar refractivity (Wildman–Crippen MR) is 105 cm³/mol. The van der Waals surface area contributed by atoms with Crippen LogP contribution in [-0.4, -0.2) is 46.7 Å². The van der Waals surface area contributed by atoms with Gasteiger partial charge in [0.1, 0.15) is 5.65 Å². The third-order valence-electron chi connectivity index (χ3n) is 4.87. The normalized spacial score (nSPS) is 20.5. The number of piperidine rings is 1. The number of halogens is 1. The first kappa shape index (κ1) is 17.1. The highest BCUT2D eigenvalue weighted by Gasteiger charge is 2.25. The zero-order chi connectivity index (χ0) is 18.3. The van der Waals surface area contributed by atoms with Crippen LogP contribution in [0.5, 0.6) is 0 Å². The summed E-state index contributed by atoms with van der Waals surface area (Å²) in [6, 6.07) is 0.151. The van der Waals surface area contributed by atoms with Crippen LogP contribution < -0.4 is 15.5 Å². The molecule has 4 rings (SSSR count). The SMILES string of the molecule is N[C@H]1CCCN(c2c(Br)cnc3[nH]cc(N4C=CC=C(C(=O)O)C4)c23)C1. The molecule has 26 heavy (non-hydrogen) atoms. The zero-order valence-corrected chi connectivity index (χ0v) is 15.7. The number of fused-ring (bicyclic) bond motifs is 1. The van der Waals surface area contributed by atoms with Crippen molar-refractivity contribution in [1.82, 2.24) is 9.97 Å². The van der Waals surface area contributed by atoms with E-state index in [1.54, 1.807) is 18.3 Å². The molecule has 4 N–H and O–H groups in total. The van der Waals surface area contributed by atoms with Crippen molar-refractivity contribution >= 4 is 44.3 Å². The molecule has 0 saturated carbocycles. The number of nitrogens with one attached hydrogen (secondary N) is 1. The Morgan fingerprint density at radius 2 is 2.31 bits per heavy atom. The maximum atomic E-state index is 11.4. The molecule has 2 aromatic rings. The summed E-state index contributed by atoms with van der Waals surface area (Å²) in [7, 11) is 0. The molecule has 136 valence electrons. The quantitative estimate of drug-likeness (QED) is 0.709. The average Bonchev–Trinajstić information content (AvgIpc) is 3.05.